The van der Waals surface area contributed by atoms with E-state index in [2.05, 4.69) is 107 Å². The van der Waals surface area contributed by atoms with Crippen molar-refractivity contribution in [2.24, 2.45) is 0 Å². The lowest BCUT2D eigenvalue weighted by atomic mass is 9.79. The number of nitrogens with zero attached hydrogens (tertiary/aromatic N) is 3. The van der Waals surface area contributed by atoms with Crippen LogP contribution in [0.1, 0.15) is 73.4 Å². The molecule has 0 saturated heterocycles. The zero-order valence-corrected chi connectivity index (χ0v) is 36.4. The fourth-order valence-corrected chi connectivity index (χ4v) is 8.06. The summed E-state index contributed by atoms with van der Waals surface area (Å²) in [5.74, 6) is 0.703. The fraction of sp³-hybridized carbons (Fsp3) is 0.172. The molecule has 2 heterocycles. The predicted molar refractivity (Wildman–Crippen MR) is 260 cm³/mol. The summed E-state index contributed by atoms with van der Waals surface area (Å²) >= 11 is 0. The number of rotatable bonds is 7. The van der Waals surface area contributed by atoms with E-state index in [1.54, 1.807) is 0 Å². The molecule has 0 spiro atoms. The van der Waals surface area contributed by atoms with E-state index in [1.165, 1.54) is 6.92 Å². The molecule has 1 N–H and O–H groups in total. The molecule has 0 fully saturated rings. The Morgan fingerprint density at radius 3 is 1.90 bits per heavy atom. The number of phenolic OH excluding ortho intramolecular Hbond substituents is 1. The van der Waals surface area contributed by atoms with Gasteiger partial charge in [-0.2, -0.15) is 0 Å². The van der Waals surface area contributed by atoms with Gasteiger partial charge in [0.25, 0.3) is 0 Å². The molecule has 0 aliphatic carbocycles. The van der Waals surface area contributed by atoms with Gasteiger partial charge in [-0.25, -0.2) is 4.98 Å². The number of hydrogen-bond acceptors (Lipinski definition) is 3. The minimum absolute atomic E-state index is 0.0478. The van der Waals surface area contributed by atoms with Crippen LogP contribution in [0, 0.1) is 13.8 Å². The zero-order chi connectivity index (χ0) is 49.4. The number of aromatic nitrogens is 3. The number of benzene rings is 7. The number of hydrogen-bond donors (Lipinski definition) is 1. The number of fused-ring (bicyclic) bond motifs is 1. The molecular weight excluding hydrogens is 755 g/mol. The predicted octanol–water partition coefficient (Wildman–Crippen LogP) is 15.3. The largest absolute Gasteiger partial charge is 0.507 e. The molecule has 4 nitrogen and oxygen atoms in total. The molecule has 0 aliphatic heterocycles. The highest BCUT2D eigenvalue weighted by atomic mass is 16.3. The first-order chi connectivity index (χ1) is 32.6. The number of imidazole rings is 1. The summed E-state index contributed by atoms with van der Waals surface area (Å²) in [5, 5.41) is 12.5. The van der Waals surface area contributed by atoms with Crippen molar-refractivity contribution in [2.75, 3.05) is 0 Å². The first-order valence-electron chi connectivity index (χ1n) is 24.5. The van der Waals surface area contributed by atoms with Crippen LogP contribution >= 0.6 is 0 Å². The molecule has 9 aromatic rings. The molecule has 9 rings (SSSR count). The molecule has 0 radical (unpaired) electrons. The second kappa shape index (κ2) is 15.8. The highest BCUT2D eigenvalue weighted by Gasteiger charge is 2.29. The molecule has 2 aromatic heterocycles. The maximum absolute atomic E-state index is 12.5. The van der Waals surface area contributed by atoms with Crippen molar-refractivity contribution < 1.29 is 14.7 Å². The van der Waals surface area contributed by atoms with Gasteiger partial charge in [0.05, 0.1) is 37.6 Å². The minimum atomic E-state index is -0.468. The van der Waals surface area contributed by atoms with Crippen LogP contribution in [0.5, 0.6) is 5.75 Å². The van der Waals surface area contributed by atoms with Gasteiger partial charge in [-0.3, -0.25) is 9.55 Å². The zero-order valence-electron chi connectivity index (χ0n) is 43.4. The SMILES string of the molecule is [2H]c1nc(-c2cc(-c3ccccc3)cc(-c3cccc4c3nc(-c3cc(C(C)(C)C)cc(C(C)(C)C)c3O)n4-c3ccc(C)cc3-c3ccccc3)c2)c([2H])c(-c2c([2H])c([2H])c(C)c([2H])c2[2H])c1[2H]. The Bertz CT molecular complexity index is 3490. The van der Waals surface area contributed by atoms with E-state index in [1.807, 2.05) is 78.9 Å². The Kier molecular flexibility index (Phi) is 8.32. The Hall–Kier alpha value is -7.04. The van der Waals surface area contributed by atoms with Crippen LogP contribution in [-0.4, -0.2) is 19.6 Å². The highest BCUT2D eigenvalue weighted by Crippen LogP contribution is 2.46. The molecule has 7 aromatic carbocycles. The van der Waals surface area contributed by atoms with E-state index >= 15 is 0 Å². The van der Waals surface area contributed by atoms with Gasteiger partial charge in [-0.05, 0) is 118 Å². The van der Waals surface area contributed by atoms with Crippen molar-refractivity contribution in [3.8, 4) is 78.6 Å². The number of aromatic hydroxyl groups is 1. The van der Waals surface area contributed by atoms with Crippen LogP contribution < -0.4 is 0 Å². The molecule has 306 valence electrons. The normalized spacial score (nSPS) is 13.5. The number of para-hydroxylation sites is 1. The van der Waals surface area contributed by atoms with Gasteiger partial charge >= 0.3 is 0 Å². The molecule has 0 atom stereocenters. The van der Waals surface area contributed by atoms with E-state index < -0.39 is 17.6 Å². The summed E-state index contributed by atoms with van der Waals surface area (Å²) in [4.78, 5) is 10.1. The summed E-state index contributed by atoms with van der Waals surface area (Å²) in [7, 11) is 0. The van der Waals surface area contributed by atoms with Crippen molar-refractivity contribution in [2.45, 2.75) is 66.2 Å². The Labute approximate surface area is 376 Å². The summed E-state index contributed by atoms with van der Waals surface area (Å²) in [6, 6.07) is 40.3. The lowest BCUT2D eigenvalue weighted by Gasteiger charge is -2.27. The van der Waals surface area contributed by atoms with Crippen molar-refractivity contribution in [3.05, 3.63) is 192 Å². The van der Waals surface area contributed by atoms with Gasteiger partial charge < -0.3 is 5.11 Å². The van der Waals surface area contributed by atoms with E-state index in [-0.39, 0.29) is 63.8 Å². The van der Waals surface area contributed by atoms with Crippen LogP contribution in [0.15, 0.2) is 170 Å². The van der Waals surface area contributed by atoms with E-state index in [4.69, 9.17) is 13.2 Å². The minimum Gasteiger partial charge on any atom is -0.507 e. The van der Waals surface area contributed by atoms with Crippen molar-refractivity contribution in [3.63, 3.8) is 0 Å². The molecular formula is C58H53N3O. The quantitative estimate of drug-likeness (QED) is 0.174. The van der Waals surface area contributed by atoms with Crippen molar-refractivity contribution >= 4 is 11.0 Å². The Morgan fingerprint density at radius 2 is 1.21 bits per heavy atom. The molecule has 4 heteroatoms. The summed E-state index contributed by atoms with van der Waals surface area (Å²) < 4.78 is 64.5. The fourth-order valence-electron chi connectivity index (χ4n) is 8.06. The van der Waals surface area contributed by atoms with E-state index in [0.717, 1.165) is 55.7 Å². The third kappa shape index (κ3) is 7.74. The molecule has 0 bridgehead atoms. The summed E-state index contributed by atoms with van der Waals surface area (Å²) in [6.07, 6.45) is -0.468. The molecule has 0 aliphatic rings. The van der Waals surface area contributed by atoms with Gasteiger partial charge in [0.15, 0.2) is 0 Å². The first-order valence-corrected chi connectivity index (χ1v) is 21.0. The van der Waals surface area contributed by atoms with Gasteiger partial charge in [0.2, 0.25) is 0 Å². The van der Waals surface area contributed by atoms with Crippen LogP contribution in [0.3, 0.4) is 0 Å². The van der Waals surface area contributed by atoms with Crippen LogP contribution in [0.25, 0.3) is 83.9 Å². The molecule has 62 heavy (non-hydrogen) atoms. The third-order valence-electron chi connectivity index (χ3n) is 11.4. The lowest BCUT2D eigenvalue weighted by Crippen LogP contribution is -2.17. The third-order valence-corrected chi connectivity index (χ3v) is 11.4. The molecule has 0 amide bonds. The lowest BCUT2D eigenvalue weighted by molar-refractivity contribution is 0.446. The standard InChI is InChI=1S/C58H53N3O/c1-37-22-25-40(26-23-37)42-28-29-59-51(34-42)45-32-43(39-16-11-9-12-17-39)31-44(33-45)47-20-15-21-53-54(47)60-56(49-35-46(57(3,4)5)36-50(55(49)62)58(6,7)8)61(53)52-27-24-38(2)30-48(52)41-18-13-10-14-19-41/h9-36,62H,1-8H3/i22D,23D,25D,26D,28D,29D,34D. The monoisotopic (exact) mass is 814 g/mol. The maximum Gasteiger partial charge on any atom is 0.149 e. The Morgan fingerprint density at radius 1 is 0.532 bits per heavy atom. The van der Waals surface area contributed by atoms with Crippen LogP contribution in [0.2, 0.25) is 0 Å². The van der Waals surface area contributed by atoms with Crippen LogP contribution in [-0.2, 0) is 10.8 Å². The van der Waals surface area contributed by atoms with Crippen molar-refractivity contribution in [1.82, 2.24) is 14.5 Å². The van der Waals surface area contributed by atoms with Gasteiger partial charge in [-0.1, -0.05) is 162 Å². The average Bonchev–Trinajstić information content (AvgIpc) is 3.71. The van der Waals surface area contributed by atoms with E-state index in [0.29, 0.717) is 28.0 Å². The van der Waals surface area contributed by atoms with Gasteiger partial charge in [-0.15, -0.1) is 0 Å². The van der Waals surface area contributed by atoms with E-state index in [9.17, 15) is 6.48 Å². The molecule has 0 saturated carbocycles. The summed E-state index contributed by atoms with van der Waals surface area (Å²) in [5.41, 5.74) is 10.5. The summed E-state index contributed by atoms with van der Waals surface area (Å²) in [6.45, 7) is 16.4. The smallest absolute Gasteiger partial charge is 0.149 e. The first kappa shape index (κ1) is 32.7. The van der Waals surface area contributed by atoms with Crippen LogP contribution in [0.4, 0.5) is 0 Å². The maximum atomic E-state index is 12.5. The number of pyridine rings is 1. The highest BCUT2D eigenvalue weighted by molar-refractivity contribution is 5.98. The molecule has 0 unspecified atom stereocenters. The van der Waals surface area contributed by atoms with Gasteiger partial charge in [0.1, 0.15) is 11.6 Å². The van der Waals surface area contributed by atoms with Crippen molar-refractivity contribution in [1.29, 1.82) is 0 Å². The number of phenols is 1. The topological polar surface area (TPSA) is 50.9 Å². The van der Waals surface area contributed by atoms with Gasteiger partial charge in [0, 0.05) is 28.4 Å². The number of aryl methyl sites for hydroxylation is 1. The second-order valence-corrected chi connectivity index (χ2v) is 18.1. The second-order valence-electron chi connectivity index (χ2n) is 18.1. The average molecular weight is 815 g/mol. The Balaban J connectivity index is 1.38.